The normalized spacial score (nSPS) is 12.0. The van der Waals surface area contributed by atoms with E-state index in [1.807, 2.05) is 101 Å². The van der Waals surface area contributed by atoms with Crippen LogP contribution in [-0.2, 0) is 39.0 Å². The highest BCUT2D eigenvalue weighted by molar-refractivity contribution is 7.92. The number of carbonyl (C=O) groups is 2. The van der Waals surface area contributed by atoms with Gasteiger partial charge in [0.1, 0.15) is 12.6 Å². The zero-order valence-corrected chi connectivity index (χ0v) is 28.3. The summed E-state index contributed by atoms with van der Waals surface area (Å²) in [7, 11) is -4.15. The Morgan fingerprint density at radius 2 is 1.39 bits per heavy atom. The molecule has 2 amide bonds. The van der Waals surface area contributed by atoms with Gasteiger partial charge in [0.2, 0.25) is 11.8 Å². The molecule has 242 valence electrons. The molecule has 8 heteroatoms. The predicted molar refractivity (Wildman–Crippen MR) is 185 cm³/mol. The summed E-state index contributed by atoms with van der Waals surface area (Å²) in [6.45, 7) is 9.97. The Labute approximate surface area is 274 Å². The second-order valence-electron chi connectivity index (χ2n) is 12.1. The molecule has 0 unspecified atom stereocenters. The third kappa shape index (κ3) is 8.63. The van der Waals surface area contributed by atoms with Gasteiger partial charge in [-0.2, -0.15) is 0 Å². The highest BCUT2D eigenvalue weighted by Gasteiger charge is 2.35. The van der Waals surface area contributed by atoms with Gasteiger partial charge in [-0.05, 0) is 66.6 Å². The summed E-state index contributed by atoms with van der Waals surface area (Å²) in [5.41, 5.74) is 4.92. The van der Waals surface area contributed by atoms with Crippen LogP contribution in [0.5, 0.6) is 0 Å². The Balaban J connectivity index is 1.83. The molecular weight excluding hydrogens is 595 g/mol. The Morgan fingerprint density at radius 3 is 2.02 bits per heavy atom. The number of nitrogens with zero attached hydrogens (tertiary/aromatic N) is 2. The lowest BCUT2D eigenvalue weighted by molar-refractivity contribution is -0.140. The first-order valence-corrected chi connectivity index (χ1v) is 17.3. The number of benzene rings is 4. The maximum atomic E-state index is 14.7. The SMILES string of the molecule is CCc1ccccc1N(CC(=O)N(Cc1ccccc1C)[C@@H](Cc1ccccc1)C(=O)NCC(C)C)S(=O)(=O)c1ccc(C)cc1. The summed E-state index contributed by atoms with van der Waals surface area (Å²) < 4.78 is 29.9. The van der Waals surface area contributed by atoms with Crippen LogP contribution in [0.1, 0.15) is 48.6 Å². The molecule has 4 aromatic rings. The summed E-state index contributed by atoms with van der Waals surface area (Å²) in [6, 6.07) is 30.3. The molecule has 0 aliphatic rings. The molecule has 46 heavy (non-hydrogen) atoms. The van der Waals surface area contributed by atoms with Gasteiger partial charge in [0.25, 0.3) is 10.0 Å². The second-order valence-corrected chi connectivity index (χ2v) is 14.0. The molecule has 0 saturated carbocycles. The van der Waals surface area contributed by atoms with Crippen LogP contribution in [0.2, 0.25) is 0 Å². The number of rotatable bonds is 14. The minimum absolute atomic E-state index is 0.0952. The van der Waals surface area contributed by atoms with E-state index < -0.39 is 28.5 Å². The van der Waals surface area contributed by atoms with Gasteiger partial charge in [0.15, 0.2) is 0 Å². The quantitative estimate of drug-likeness (QED) is 0.171. The van der Waals surface area contributed by atoms with Crippen LogP contribution in [0, 0.1) is 19.8 Å². The third-order valence-corrected chi connectivity index (χ3v) is 9.86. The third-order valence-electron chi connectivity index (χ3n) is 8.09. The van der Waals surface area contributed by atoms with Crippen molar-refractivity contribution in [2.24, 2.45) is 5.92 Å². The van der Waals surface area contributed by atoms with Gasteiger partial charge in [0.05, 0.1) is 10.6 Å². The van der Waals surface area contributed by atoms with Gasteiger partial charge >= 0.3 is 0 Å². The maximum absolute atomic E-state index is 14.7. The molecule has 0 bridgehead atoms. The lowest BCUT2D eigenvalue weighted by Gasteiger charge is -2.34. The Bertz CT molecular complexity index is 1720. The number of hydrogen-bond acceptors (Lipinski definition) is 4. The van der Waals surface area contributed by atoms with Crippen LogP contribution in [-0.4, -0.2) is 44.3 Å². The lowest BCUT2D eigenvalue weighted by Crippen LogP contribution is -2.54. The molecule has 0 aromatic heterocycles. The summed E-state index contributed by atoms with van der Waals surface area (Å²) >= 11 is 0. The van der Waals surface area contributed by atoms with Crippen LogP contribution in [0.3, 0.4) is 0 Å². The first-order valence-electron chi connectivity index (χ1n) is 15.8. The zero-order chi connectivity index (χ0) is 33.3. The van der Waals surface area contributed by atoms with Crippen molar-refractivity contribution < 1.29 is 18.0 Å². The minimum atomic E-state index is -4.15. The van der Waals surface area contributed by atoms with E-state index in [9.17, 15) is 18.0 Å². The molecule has 0 radical (unpaired) electrons. The van der Waals surface area contributed by atoms with Crippen molar-refractivity contribution in [3.63, 3.8) is 0 Å². The average Bonchev–Trinajstić information content (AvgIpc) is 3.05. The van der Waals surface area contributed by atoms with Gasteiger partial charge in [0, 0.05) is 19.5 Å². The molecule has 4 aromatic carbocycles. The van der Waals surface area contributed by atoms with Crippen molar-refractivity contribution in [3.8, 4) is 0 Å². The number of nitrogens with one attached hydrogen (secondary N) is 1. The molecule has 4 rings (SSSR count). The number of carbonyl (C=O) groups excluding carboxylic acids is 2. The number of aryl methyl sites for hydroxylation is 3. The largest absolute Gasteiger partial charge is 0.354 e. The van der Waals surface area contributed by atoms with Gasteiger partial charge in [-0.1, -0.05) is 111 Å². The van der Waals surface area contributed by atoms with Crippen molar-refractivity contribution in [2.45, 2.75) is 64.9 Å². The van der Waals surface area contributed by atoms with Crippen molar-refractivity contribution >= 4 is 27.5 Å². The van der Waals surface area contributed by atoms with Crippen LogP contribution in [0.25, 0.3) is 0 Å². The number of hydrogen-bond donors (Lipinski definition) is 1. The fraction of sp³-hybridized carbons (Fsp3) is 0.316. The molecule has 0 aliphatic heterocycles. The van der Waals surface area contributed by atoms with Gasteiger partial charge in [-0.25, -0.2) is 8.42 Å². The van der Waals surface area contributed by atoms with Crippen LogP contribution in [0.15, 0.2) is 108 Å². The highest BCUT2D eigenvalue weighted by Crippen LogP contribution is 2.29. The van der Waals surface area contributed by atoms with E-state index in [-0.39, 0.29) is 29.7 Å². The molecule has 7 nitrogen and oxygen atoms in total. The maximum Gasteiger partial charge on any atom is 0.264 e. The Morgan fingerprint density at radius 1 is 0.783 bits per heavy atom. The molecular formula is C38H45N3O4S. The van der Waals surface area contributed by atoms with E-state index in [1.54, 1.807) is 41.3 Å². The molecule has 0 heterocycles. The van der Waals surface area contributed by atoms with Crippen molar-refractivity contribution in [3.05, 3.63) is 131 Å². The van der Waals surface area contributed by atoms with Crippen molar-refractivity contribution in [1.29, 1.82) is 0 Å². The summed E-state index contributed by atoms with van der Waals surface area (Å²) in [4.78, 5) is 30.3. The van der Waals surface area contributed by atoms with E-state index in [2.05, 4.69) is 5.32 Å². The lowest BCUT2D eigenvalue weighted by atomic mass is 10.0. The van der Waals surface area contributed by atoms with Crippen molar-refractivity contribution in [1.82, 2.24) is 10.2 Å². The second kappa shape index (κ2) is 15.7. The Hall–Kier alpha value is -4.43. The number of amides is 2. The molecule has 0 aliphatic carbocycles. The number of para-hydroxylation sites is 1. The van der Waals surface area contributed by atoms with Gasteiger partial charge in [-0.15, -0.1) is 0 Å². The predicted octanol–water partition coefficient (Wildman–Crippen LogP) is 6.47. The van der Waals surface area contributed by atoms with E-state index >= 15 is 0 Å². The van der Waals surface area contributed by atoms with Crippen LogP contribution in [0.4, 0.5) is 5.69 Å². The summed E-state index contributed by atoms with van der Waals surface area (Å²) in [5, 5.41) is 3.04. The fourth-order valence-corrected chi connectivity index (χ4v) is 6.80. The van der Waals surface area contributed by atoms with E-state index in [4.69, 9.17) is 0 Å². The molecule has 1 N–H and O–H groups in total. The monoisotopic (exact) mass is 639 g/mol. The Kier molecular flexibility index (Phi) is 11.8. The first-order chi connectivity index (χ1) is 22.0. The van der Waals surface area contributed by atoms with E-state index in [0.717, 1.165) is 27.8 Å². The standard InChI is InChI=1S/C38H45N3O4S/c1-6-32-17-12-13-19-35(32)41(46(44,45)34-22-20-29(4)21-23-34)27-37(42)40(26-33-18-11-10-14-30(33)5)36(38(43)39-25-28(2)3)24-31-15-8-7-9-16-31/h7-23,28,36H,6,24-27H2,1-5H3,(H,39,43)/t36-/m0/s1. The summed E-state index contributed by atoms with van der Waals surface area (Å²) in [5.74, 6) is -0.533. The minimum Gasteiger partial charge on any atom is -0.354 e. The van der Waals surface area contributed by atoms with Crippen LogP contribution >= 0.6 is 0 Å². The topological polar surface area (TPSA) is 86.8 Å². The van der Waals surface area contributed by atoms with E-state index in [1.165, 1.54) is 4.31 Å². The molecule has 0 fully saturated rings. The average molecular weight is 640 g/mol. The highest BCUT2D eigenvalue weighted by atomic mass is 32.2. The molecule has 0 saturated heterocycles. The first kappa shape index (κ1) is 34.4. The number of anilines is 1. The zero-order valence-electron chi connectivity index (χ0n) is 27.4. The smallest absolute Gasteiger partial charge is 0.264 e. The van der Waals surface area contributed by atoms with Gasteiger partial charge in [-0.3, -0.25) is 13.9 Å². The van der Waals surface area contributed by atoms with Gasteiger partial charge < -0.3 is 10.2 Å². The number of sulfonamides is 1. The summed E-state index contributed by atoms with van der Waals surface area (Å²) in [6.07, 6.45) is 0.851. The molecule has 1 atom stereocenters. The fourth-order valence-electron chi connectivity index (χ4n) is 5.35. The van der Waals surface area contributed by atoms with E-state index in [0.29, 0.717) is 18.7 Å². The molecule has 0 spiro atoms. The van der Waals surface area contributed by atoms with Crippen LogP contribution < -0.4 is 9.62 Å². The van der Waals surface area contributed by atoms with Crippen molar-refractivity contribution in [2.75, 3.05) is 17.4 Å².